The molecule has 3 rings (SSSR count). The third-order valence-electron chi connectivity index (χ3n) is 4.70. The number of nitrogens with one attached hydrogen (secondary N) is 2. The summed E-state index contributed by atoms with van der Waals surface area (Å²) < 4.78 is 0. The Morgan fingerprint density at radius 3 is 2.74 bits per heavy atom. The number of likely N-dealkylation sites (tertiary alicyclic amines) is 1. The van der Waals surface area contributed by atoms with Gasteiger partial charge in [0.2, 0.25) is 0 Å². The van der Waals surface area contributed by atoms with Crippen molar-refractivity contribution in [2.45, 2.75) is 25.7 Å². The minimum absolute atomic E-state index is 0.0351. The van der Waals surface area contributed by atoms with E-state index in [1.807, 2.05) is 30.3 Å². The van der Waals surface area contributed by atoms with Crippen molar-refractivity contribution < 1.29 is 4.79 Å². The molecule has 1 heterocycles. The van der Waals surface area contributed by atoms with Crippen LogP contribution in [0.2, 0.25) is 0 Å². The Balaban J connectivity index is 1.60. The van der Waals surface area contributed by atoms with Crippen LogP contribution in [0.15, 0.2) is 42.1 Å². The van der Waals surface area contributed by atoms with Crippen LogP contribution in [-0.4, -0.2) is 36.5 Å². The van der Waals surface area contributed by atoms with Gasteiger partial charge >= 0.3 is 0 Å². The highest BCUT2D eigenvalue weighted by Gasteiger charge is 2.30. The lowest BCUT2D eigenvalue weighted by Crippen LogP contribution is -2.40. The van der Waals surface area contributed by atoms with Crippen molar-refractivity contribution in [3.05, 3.63) is 42.1 Å². The Bertz CT molecular complexity index is 578. The molecule has 23 heavy (non-hydrogen) atoms. The zero-order valence-electron chi connectivity index (χ0n) is 13.5. The van der Waals surface area contributed by atoms with Crippen molar-refractivity contribution in [2.24, 2.45) is 11.8 Å². The molecule has 4 nitrogen and oxygen atoms in total. The first-order valence-corrected chi connectivity index (χ1v) is 8.55. The highest BCUT2D eigenvalue weighted by molar-refractivity contribution is 6.13. The quantitative estimate of drug-likeness (QED) is 0.600. The van der Waals surface area contributed by atoms with Gasteiger partial charge in [-0.15, -0.1) is 0 Å². The second-order valence-corrected chi connectivity index (χ2v) is 6.66. The number of anilines is 1. The molecule has 1 aliphatic heterocycles. The molecule has 2 N–H and O–H groups in total. The first-order valence-electron chi connectivity index (χ1n) is 8.55. The molecule has 1 atom stereocenters. The first kappa shape index (κ1) is 15.9. The predicted molar refractivity (Wildman–Crippen MR) is 93.8 cm³/mol. The van der Waals surface area contributed by atoms with E-state index in [9.17, 15) is 4.79 Å². The van der Waals surface area contributed by atoms with Crippen LogP contribution < -0.4 is 5.32 Å². The van der Waals surface area contributed by atoms with Gasteiger partial charge in [0.1, 0.15) is 0 Å². The van der Waals surface area contributed by atoms with Crippen molar-refractivity contribution in [1.29, 1.82) is 5.41 Å². The average molecular weight is 311 g/mol. The van der Waals surface area contributed by atoms with Gasteiger partial charge in [-0.1, -0.05) is 18.2 Å². The van der Waals surface area contributed by atoms with Gasteiger partial charge < -0.3 is 15.6 Å². The fourth-order valence-electron chi connectivity index (χ4n) is 3.22. The standard InChI is InChI=1S/C19H25N3O/c20-11-17(12-21-18-6-2-1-3-7-18)19(23)16-5-4-10-22(14-16)13-15-8-9-15/h1-3,6-7,11-12,15-16,20-21H,4-5,8-10,13-14H2/b17-12+,20-11?. The maximum Gasteiger partial charge on any atom is 0.170 e. The summed E-state index contributed by atoms with van der Waals surface area (Å²) in [4.78, 5) is 15.2. The maximum absolute atomic E-state index is 12.7. The molecule has 1 aliphatic carbocycles. The van der Waals surface area contributed by atoms with Crippen molar-refractivity contribution >= 4 is 17.7 Å². The topological polar surface area (TPSA) is 56.2 Å². The van der Waals surface area contributed by atoms with Crippen LogP contribution in [0.25, 0.3) is 0 Å². The van der Waals surface area contributed by atoms with Crippen LogP contribution in [0.3, 0.4) is 0 Å². The van der Waals surface area contributed by atoms with E-state index in [2.05, 4.69) is 10.2 Å². The van der Waals surface area contributed by atoms with Crippen LogP contribution in [-0.2, 0) is 4.79 Å². The minimum Gasteiger partial charge on any atom is -0.361 e. The lowest BCUT2D eigenvalue weighted by Gasteiger charge is -2.32. The van der Waals surface area contributed by atoms with E-state index in [1.54, 1.807) is 6.20 Å². The molecule has 1 aromatic carbocycles. The molecule has 0 spiro atoms. The normalized spacial score (nSPS) is 22.6. The number of rotatable bonds is 7. The van der Waals surface area contributed by atoms with Crippen molar-refractivity contribution in [3.63, 3.8) is 0 Å². The number of piperidine rings is 1. The monoisotopic (exact) mass is 311 g/mol. The van der Waals surface area contributed by atoms with E-state index in [0.29, 0.717) is 5.57 Å². The molecule has 0 amide bonds. The van der Waals surface area contributed by atoms with Crippen LogP contribution in [0.4, 0.5) is 5.69 Å². The lowest BCUT2D eigenvalue weighted by atomic mass is 9.90. The average Bonchev–Trinajstić information content (AvgIpc) is 3.40. The summed E-state index contributed by atoms with van der Waals surface area (Å²) in [5, 5.41) is 10.7. The van der Waals surface area contributed by atoms with E-state index in [1.165, 1.54) is 19.1 Å². The second-order valence-electron chi connectivity index (χ2n) is 6.66. The number of carbonyl (C=O) groups is 1. The molecule has 0 bridgehead atoms. The smallest absolute Gasteiger partial charge is 0.170 e. The van der Waals surface area contributed by atoms with Crippen molar-refractivity contribution in [3.8, 4) is 0 Å². The van der Waals surface area contributed by atoms with E-state index in [4.69, 9.17) is 5.41 Å². The summed E-state index contributed by atoms with van der Waals surface area (Å²) in [7, 11) is 0. The second kappa shape index (κ2) is 7.55. The maximum atomic E-state index is 12.7. The molecule has 1 saturated carbocycles. The van der Waals surface area contributed by atoms with Gasteiger partial charge in [-0.25, -0.2) is 0 Å². The number of allylic oxidation sites excluding steroid dienone is 1. The zero-order chi connectivity index (χ0) is 16.1. The Morgan fingerprint density at radius 2 is 2.04 bits per heavy atom. The zero-order valence-corrected chi connectivity index (χ0v) is 13.5. The molecular formula is C19H25N3O. The number of nitrogens with zero attached hydrogens (tertiary/aromatic N) is 1. The first-order chi connectivity index (χ1) is 11.3. The molecule has 1 aromatic rings. The number of benzene rings is 1. The van der Waals surface area contributed by atoms with Crippen molar-refractivity contribution in [1.82, 2.24) is 4.90 Å². The molecule has 1 unspecified atom stereocenters. The van der Waals surface area contributed by atoms with Crippen molar-refractivity contribution in [2.75, 3.05) is 25.0 Å². The van der Waals surface area contributed by atoms with Crippen LogP contribution >= 0.6 is 0 Å². The lowest BCUT2D eigenvalue weighted by molar-refractivity contribution is -0.120. The van der Waals surface area contributed by atoms with Gasteiger partial charge in [0, 0.05) is 37.1 Å². The Hall–Kier alpha value is -1.94. The summed E-state index contributed by atoms with van der Waals surface area (Å²) >= 11 is 0. The number of para-hydroxylation sites is 1. The van der Waals surface area contributed by atoms with Gasteiger partial charge in [-0.3, -0.25) is 4.79 Å². The highest BCUT2D eigenvalue weighted by Crippen LogP contribution is 2.31. The van der Waals surface area contributed by atoms with Crippen LogP contribution in [0, 0.1) is 17.2 Å². The van der Waals surface area contributed by atoms with Gasteiger partial charge in [-0.2, -0.15) is 0 Å². The molecular weight excluding hydrogens is 286 g/mol. The van der Waals surface area contributed by atoms with Gasteiger partial charge in [-0.05, 0) is 50.3 Å². The van der Waals surface area contributed by atoms with E-state index >= 15 is 0 Å². The molecule has 4 heteroatoms. The van der Waals surface area contributed by atoms with E-state index in [0.717, 1.165) is 44.1 Å². The summed E-state index contributed by atoms with van der Waals surface area (Å²) in [5.41, 5.74) is 1.39. The molecule has 0 radical (unpaired) electrons. The minimum atomic E-state index is 0.0351. The summed E-state index contributed by atoms with van der Waals surface area (Å²) in [6.07, 6.45) is 7.57. The summed E-state index contributed by atoms with van der Waals surface area (Å²) in [6.45, 7) is 3.12. The fourth-order valence-corrected chi connectivity index (χ4v) is 3.22. The number of carbonyl (C=O) groups excluding carboxylic acids is 1. The predicted octanol–water partition coefficient (Wildman–Crippen LogP) is 3.32. The van der Waals surface area contributed by atoms with Crippen LogP contribution in [0.5, 0.6) is 0 Å². The Labute approximate surface area is 138 Å². The van der Waals surface area contributed by atoms with Gasteiger partial charge in [0.15, 0.2) is 5.78 Å². The molecule has 2 aliphatic rings. The fraction of sp³-hybridized carbons (Fsp3) is 0.474. The van der Waals surface area contributed by atoms with Gasteiger partial charge in [0.25, 0.3) is 0 Å². The SMILES string of the molecule is N=C/C(=C\Nc1ccccc1)C(=O)C1CCCN(CC2CC2)C1. The number of hydrogen-bond donors (Lipinski definition) is 2. The van der Waals surface area contributed by atoms with E-state index in [-0.39, 0.29) is 11.7 Å². The molecule has 1 saturated heterocycles. The number of Topliss-reactive ketones (excluding diaryl/α,β-unsaturated/α-hetero) is 1. The highest BCUT2D eigenvalue weighted by atomic mass is 16.1. The summed E-state index contributed by atoms with van der Waals surface area (Å²) in [5.74, 6) is 0.998. The Morgan fingerprint density at radius 1 is 1.26 bits per heavy atom. The van der Waals surface area contributed by atoms with E-state index < -0.39 is 0 Å². The third-order valence-corrected chi connectivity index (χ3v) is 4.70. The van der Waals surface area contributed by atoms with Crippen LogP contribution in [0.1, 0.15) is 25.7 Å². The Kier molecular flexibility index (Phi) is 5.23. The number of ketones is 1. The molecule has 0 aromatic heterocycles. The van der Waals surface area contributed by atoms with Gasteiger partial charge in [0.05, 0.1) is 5.57 Å². The number of hydrogen-bond acceptors (Lipinski definition) is 4. The summed E-state index contributed by atoms with van der Waals surface area (Å²) in [6, 6.07) is 9.73. The largest absolute Gasteiger partial charge is 0.361 e. The third kappa shape index (κ3) is 4.52. The molecule has 122 valence electrons. The molecule has 2 fully saturated rings.